The zero-order chi connectivity index (χ0) is 22.3. The number of hydrogen-bond donors (Lipinski definition) is 2. The minimum absolute atomic E-state index is 0.0535. The van der Waals surface area contributed by atoms with Gasteiger partial charge in [0.2, 0.25) is 11.8 Å². The standard InChI is InChI=1S/C27H35N3O2/c28-23-15-13-20(14-16-23)19-30(27(32)25-12-7-17-29-25)26(31)18-24(21-8-3-1-4-9-21)22-10-5-2-6-11-22/h1-6,8-11,20,23-25,29H,7,12-19,28H2/t20?,23?,25-/m0/s1. The predicted octanol–water partition coefficient (Wildman–Crippen LogP) is 3.83. The van der Waals surface area contributed by atoms with Crippen molar-refractivity contribution in [2.45, 2.75) is 62.9 Å². The first kappa shape index (κ1) is 22.7. The fourth-order valence-electron chi connectivity index (χ4n) is 5.11. The lowest BCUT2D eigenvalue weighted by Gasteiger charge is -2.32. The minimum Gasteiger partial charge on any atom is -0.328 e. The number of hydrogen-bond acceptors (Lipinski definition) is 4. The van der Waals surface area contributed by atoms with E-state index in [2.05, 4.69) is 29.6 Å². The van der Waals surface area contributed by atoms with Crippen LogP contribution in [-0.4, -0.2) is 41.9 Å². The zero-order valence-corrected chi connectivity index (χ0v) is 18.8. The van der Waals surface area contributed by atoms with Gasteiger partial charge in [0.15, 0.2) is 0 Å². The molecule has 2 aromatic rings. The van der Waals surface area contributed by atoms with Crippen LogP contribution in [0.5, 0.6) is 0 Å². The van der Waals surface area contributed by atoms with Crippen LogP contribution in [0.25, 0.3) is 0 Å². The molecule has 1 heterocycles. The van der Waals surface area contributed by atoms with Crippen molar-refractivity contribution < 1.29 is 9.59 Å². The Morgan fingerprint density at radius 1 is 0.906 bits per heavy atom. The maximum atomic E-state index is 13.7. The molecule has 0 bridgehead atoms. The normalized spacial score (nSPS) is 23.2. The number of rotatable bonds is 7. The second kappa shape index (κ2) is 10.9. The summed E-state index contributed by atoms with van der Waals surface area (Å²) in [6, 6.07) is 20.3. The summed E-state index contributed by atoms with van der Waals surface area (Å²) in [6.45, 7) is 1.35. The van der Waals surface area contributed by atoms with Crippen LogP contribution in [0.4, 0.5) is 0 Å². The van der Waals surface area contributed by atoms with Gasteiger partial charge in [0, 0.05) is 24.9 Å². The van der Waals surface area contributed by atoms with Crippen LogP contribution in [-0.2, 0) is 9.59 Å². The van der Waals surface area contributed by atoms with E-state index in [1.54, 1.807) is 4.90 Å². The zero-order valence-electron chi connectivity index (χ0n) is 18.8. The Morgan fingerprint density at radius 3 is 2.03 bits per heavy atom. The van der Waals surface area contributed by atoms with E-state index in [1.807, 2.05) is 36.4 Å². The Hall–Kier alpha value is -2.50. The molecule has 2 aliphatic rings. The molecule has 0 unspecified atom stereocenters. The van der Waals surface area contributed by atoms with Crippen LogP contribution in [0.15, 0.2) is 60.7 Å². The third-order valence-electron chi connectivity index (χ3n) is 7.04. The molecule has 5 heteroatoms. The van der Waals surface area contributed by atoms with Gasteiger partial charge in [-0.3, -0.25) is 14.5 Å². The van der Waals surface area contributed by atoms with Crippen LogP contribution in [0.3, 0.4) is 0 Å². The predicted molar refractivity (Wildman–Crippen MR) is 127 cm³/mol. The van der Waals surface area contributed by atoms with E-state index >= 15 is 0 Å². The molecule has 1 atom stereocenters. The fourth-order valence-corrected chi connectivity index (χ4v) is 5.11. The molecule has 4 rings (SSSR count). The molecule has 3 N–H and O–H groups in total. The topological polar surface area (TPSA) is 75.4 Å². The average molecular weight is 434 g/mol. The molecule has 2 aromatic carbocycles. The van der Waals surface area contributed by atoms with Crippen LogP contribution in [0.2, 0.25) is 0 Å². The number of benzene rings is 2. The number of carbonyl (C=O) groups is 2. The molecule has 1 saturated carbocycles. The summed E-state index contributed by atoms with van der Waals surface area (Å²) in [7, 11) is 0. The lowest BCUT2D eigenvalue weighted by Crippen LogP contribution is -2.49. The van der Waals surface area contributed by atoms with Gasteiger partial charge < -0.3 is 11.1 Å². The first-order valence-corrected chi connectivity index (χ1v) is 12.0. The highest BCUT2D eigenvalue weighted by atomic mass is 16.2. The Balaban J connectivity index is 1.56. The molecular weight excluding hydrogens is 398 g/mol. The Kier molecular flexibility index (Phi) is 7.72. The van der Waals surface area contributed by atoms with Gasteiger partial charge in [0.25, 0.3) is 0 Å². The van der Waals surface area contributed by atoms with Crippen LogP contribution in [0.1, 0.15) is 62.0 Å². The van der Waals surface area contributed by atoms with E-state index in [0.29, 0.717) is 18.9 Å². The minimum atomic E-state index is -0.239. The third-order valence-corrected chi connectivity index (χ3v) is 7.04. The largest absolute Gasteiger partial charge is 0.328 e. The van der Waals surface area contributed by atoms with Gasteiger partial charge in [-0.2, -0.15) is 0 Å². The number of imide groups is 1. The van der Waals surface area contributed by atoms with Crippen molar-refractivity contribution in [3.63, 3.8) is 0 Å². The van der Waals surface area contributed by atoms with Gasteiger partial charge in [0.05, 0.1) is 6.04 Å². The van der Waals surface area contributed by atoms with Gasteiger partial charge in [0.1, 0.15) is 0 Å². The van der Waals surface area contributed by atoms with E-state index < -0.39 is 0 Å². The van der Waals surface area contributed by atoms with E-state index in [0.717, 1.165) is 56.2 Å². The summed E-state index contributed by atoms with van der Waals surface area (Å²) in [5, 5.41) is 3.29. The van der Waals surface area contributed by atoms with Crippen LogP contribution in [0, 0.1) is 5.92 Å². The monoisotopic (exact) mass is 433 g/mol. The highest BCUT2D eigenvalue weighted by Crippen LogP contribution is 2.30. The lowest BCUT2D eigenvalue weighted by molar-refractivity contribution is -0.147. The van der Waals surface area contributed by atoms with Crippen molar-refractivity contribution in [1.82, 2.24) is 10.2 Å². The maximum Gasteiger partial charge on any atom is 0.246 e. The molecular formula is C27H35N3O2. The van der Waals surface area contributed by atoms with Crippen LogP contribution >= 0.6 is 0 Å². The molecule has 1 saturated heterocycles. The van der Waals surface area contributed by atoms with Gasteiger partial charge in [-0.25, -0.2) is 0 Å². The van der Waals surface area contributed by atoms with Crippen molar-refractivity contribution in [3.05, 3.63) is 71.8 Å². The van der Waals surface area contributed by atoms with Crippen molar-refractivity contribution in [1.29, 1.82) is 0 Å². The summed E-state index contributed by atoms with van der Waals surface area (Å²) in [5.41, 5.74) is 8.28. The molecule has 0 radical (unpaired) electrons. The molecule has 0 aromatic heterocycles. The summed E-state index contributed by atoms with van der Waals surface area (Å²) in [5.74, 6) is 0.144. The molecule has 1 aliphatic heterocycles. The van der Waals surface area contributed by atoms with Crippen molar-refractivity contribution in [2.24, 2.45) is 11.7 Å². The van der Waals surface area contributed by atoms with Crippen molar-refractivity contribution in [2.75, 3.05) is 13.1 Å². The number of carbonyl (C=O) groups excluding carboxylic acids is 2. The van der Waals surface area contributed by atoms with Gasteiger partial charge >= 0.3 is 0 Å². The van der Waals surface area contributed by atoms with Gasteiger partial charge in [-0.15, -0.1) is 0 Å². The Bertz CT molecular complexity index is 833. The van der Waals surface area contributed by atoms with Gasteiger partial charge in [-0.05, 0) is 62.1 Å². The van der Waals surface area contributed by atoms with E-state index in [1.165, 1.54) is 0 Å². The fraction of sp³-hybridized carbons (Fsp3) is 0.481. The summed E-state index contributed by atoms with van der Waals surface area (Å²) in [4.78, 5) is 28.7. The number of nitrogens with one attached hydrogen (secondary N) is 1. The summed E-state index contributed by atoms with van der Waals surface area (Å²) >= 11 is 0. The molecule has 2 fully saturated rings. The highest BCUT2D eigenvalue weighted by molar-refractivity contribution is 5.98. The van der Waals surface area contributed by atoms with E-state index in [-0.39, 0.29) is 29.8 Å². The lowest BCUT2D eigenvalue weighted by atomic mass is 9.85. The van der Waals surface area contributed by atoms with Crippen molar-refractivity contribution >= 4 is 11.8 Å². The van der Waals surface area contributed by atoms with E-state index in [9.17, 15) is 9.59 Å². The SMILES string of the molecule is NC1CCC(CN(C(=O)CC(c2ccccc2)c2ccccc2)C(=O)[C@@H]2CCCN2)CC1. The first-order valence-electron chi connectivity index (χ1n) is 12.0. The molecule has 32 heavy (non-hydrogen) atoms. The molecule has 170 valence electrons. The van der Waals surface area contributed by atoms with Crippen LogP contribution < -0.4 is 11.1 Å². The Labute approximate surface area is 191 Å². The van der Waals surface area contributed by atoms with Gasteiger partial charge in [-0.1, -0.05) is 60.7 Å². The number of nitrogens with zero attached hydrogens (tertiary/aromatic N) is 1. The van der Waals surface area contributed by atoms with E-state index in [4.69, 9.17) is 5.73 Å². The second-order valence-electron chi connectivity index (χ2n) is 9.35. The smallest absolute Gasteiger partial charge is 0.246 e. The molecule has 1 aliphatic carbocycles. The Morgan fingerprint density at radius 2 is 1.50 bits per heavy atom. The quantitative estimate of drug-likeness (QED) is 0.696. The molecule has 5 nitrogen and oxygen atoms in total. The first-order chi connectivity index (χ1) is 15.6. The second-order valence-corrected chi connectivity index (χ2v) is 9.35. The molecule has 2 amide bonds. The number of nitrogens with two attached hydrogens (primary N) is 1. The average Bonchev–Trinajstić information content (AvgIpc) is 3.38. The summed E-state index contributed by atoms with van der Waals surface area (Å²) < 4.78 is 0. The number of amides is 2. The summed E-state index contributed by atoms with van der Waals surface area (Å²) in [6.07, 6.45) is 5.98. The van der Waals surface area contributed by atoms with Crippen molar-refractivity contribution in [3.8, 4) is 0 Å². The highest BCUT2D eigenvalue weighted by Gasteiger charge is 2.34. The maximum absolute atomic E-state index is 13.7. The molecule has 0 spiro atoms. The third kappa shape index (κ3) is 5.64.